The predicted octanol–water partition coefficient (Wildman–Crippen LogP) is 1.92. The van der Waals surface area contributed by atoms with Gasteiger partial charge in [0.05, 0.1) is 7.11 Å². The number of hydrogen-bond donors (Lipinski definition) is 1. The lowest BCUT2D eigenvalue weighted by Crippen LogP contribution is -2.39. The highest BCUT2D eigenvalue weighted by Gasteiger charge is 2.28. The first-order valence-corrected chi connectivity index (χ1v) is 4.77. The summed E-state index contributed by atoms with van der Waals surface area (Å²) >= 11 is 0. The van der Waals surface area contributed by atoms with Crippen LogP contribution in [0.3, 0.4) is 0 Å². The summed E-state index contributed by atoms with van der Waals surface area (Å²) in [4.78, 5) is 4.08. The third-order valence-corrected chi connectivity index (χ3v) is 2.78. The SMILES string of the molecule is COc1ccncc1C(C)(N)C(C)C. The van der Waals surface area contributed by atoms with Crippen molar-refractivity contribution < 1.29 is 4.74 Å². The first kappa shape index (κ1) is 11.0. The monoisotopic (exact) mass is 194 g/mol. The van der Waals surface area contributed by atoms with Gasteiger partial charge in [0.15, 0.2) is 0 Å². The molecule has 78 valence electrons. The zero-order valence-electron chi connectivity index (χ0n) is 9.24. The quantitative estimate of drug-likeness (QED) is 0.799. The normalized spacial score (nSPS) is 15.3. The van der Waals surface area contributed by atoms with Gasteiger partial charge < -0.3 is 10.5 Å². The van der Waals surface area contributed by atoms with E-state index in [0.717, 1.165) is 11.3 Å². The molecule has 0 spiro atoms. The second-order valence-corrected chi connectivity index (χ2v) is 4.01. The second-order valence-electron chi connectivity index (χ2n) is 4.01. The molecule has 0 aliphatic rings. The standard InChI is InChI=1S/C11H18N2O/c1-8(2)11(3,12)9-7-13-6-5-10(9)14-4/h5-8H,12H2,1-4H3. The minimum absolute atomic E-state index is 0.334. The molecule has 0 aliphatic carbocycles. The number of nitrogens with two attached hydrogens (primary N) is 1. The zero-order chi connectivity index (χ0) is 10.8. The Morgan fingerprint density at radius 2 is 2.14 bits per heavy atom. The fraction of sp³-hybridized carbons (Fsp3) is 0.545. The van der Waals surface area contributed by atoms with E-state index in [4.69, 9.17) is 10.5 Å². The summed E-state index contributed by atoms with van der Waals surface area (Å²) in [6.45, 7) is 6.18. The maximum absolute atomic E-state index is 6.24. The molecule has 14 heavy (non-hydrogen) atoms. The topological polar surface area (TPSA) is 48.1 Å². The Hall–Kier alpha value is -1.09. The molecule has 0 aliphatic heterocycles. The van der Waals surface area contributed by atoms with Crippen LogP contribution in [0.2, 0.25) is 0 Å². The average molecular weight is 194 g/mol. The molecule has 1 heterocycles. The fourth-order valence-electron chi connectivity index (χ4n) is 1.28. The van der Waals surface area contributed by atoms with Gasteiger partial charge >= 0.3 is 0 Å². The summed E-state index contributed by atoms with van der Waals surface area (Å²) in [6.07, 6.45) is 3.48. The van der Waals surface area contributed by atoms with Crippen LogP contribution >= 0.6 is 0 Å². The zero-order valence-corrected chi connectivity index (χ0v) is 9.24. The largest absolute Gasteiger partial charge is 0.496 e. The van der Waals surface area contributed by atoms with Crippen molar-refractivity contribution in [3.8, 4) is 5.75 Å². The van der Waals surface area contributed by atoms with Crippen molar-refractivity contribution >= 4 is 0 Å². The summed E-state index contributed by atoms with van der Waals surface area (Å²) in [5, 5.41) is 0. The van der Waals surface area contributed by atoms with Crippen LogP contribution in [0, 0.1) is 5.92 Å². The van der Waals surface area contributed by atoms with E-state index < -0.39 is 5.54 Å². The van der Waals surface area contributed by atoms with Crippen molar-refractivity contribution in [3.05, 3.63) is 24.0 Å². The van der Waals surface area contributed by atoms with Crippen LogP contribution in [0.5, 0.6) is 5.75 Å². The van der Waals surface area contributed by atoms with E-state index in [-0.39, 0.29) is 0 Å². The van der Waals surface area contributed by atoms with E-state index in [1.165, 1.54) is 0 Å². The maximum Gasteiger partial charge on any atom is 0.126 e. The Kier molecular flexibility index (Phi) is 3.11. The Labute approximate surface area is 85.3 Å². The lowest BCUT2D eigenvalue weighted by molar-refractivity contribution is 0.325. The smallest absolute Gasteiger partial charge is 0.126 e. The third kappa shape index (κ3) is 1.87. The lowest BCUT2D eigenvalue weighted by Gasteiger charge is -2.30. The Morgan fingerprint density at radius 3 is 2.64 bits per heavy atom. The number of nitrogens with zero attached hydrogens (tertiary/aromatic N) is 1. The van der Waals surface area contributed by atoms with Gasteiger partial charge in [-0.2, -0.15) is 0 Å². The van der Waals surface area contributed by atoms with Crippen LogP contribution in [0.1, 0.15) is 26.3 Å². The van der Waals surface area contributed by atoms with Crippen molar-refractivity contribution in [2.75, 3.05) is 7.11 Å². The summed E-state index contributed by atoms with van der Waals surface area (Å²) in [7, 11) is 1.65. The highest BCUT2D eigenvalue weighted by Crippen LogP contribution is 2.32. The highest BCUT2D eigenvalue weighted by molar-refractivity contribution is 5.36. The van der Waals surface area contributed by atoms with Gasteiger partial charge in [-0.05, 0) is 18.9 Å². The summed E-state index contributed by atoms with van der Waals surface area (Å²) in [6, 6.07) is 1.84. The number of ether oxygens (including phenoxy) is 1. The molecule has 0 radical (unpaired) electrons. The van der Waals surface area contributed by atoms with Gasteiger partial charge in [-0.1, -0.05) is 13.8 Å². The lowest BCUT2D eigenvalue weighted by atomic mass is 9.83. The molecule has 0 bridgehead atoms. The molecule has 1 rings (SSSR count). The van der Waals surface area contributed by atoms with Crippen LogP contribution in [0.25, 0.3) is 0 Å². The molecule has 1 aromatic heterocycles. The van der Waals surface area contributed by atoms with Gasteiger partial charge in [0, 0.05) is 23.5 Å². The van der Waals surface area contributed by atoms with E-state index in [1.54, 1.807) is 19.5 Å². The Morgan fingerprint density at radius 1 is 1.50 bits per heavy atom. The van der Waals surface area contributed by atoms with E-state index >= 15 is 0 Å². The van der Waals surface area contributed by atoms with Crippen LogP contribution in [-0.2, 0) is 5.54 Å². The first-order chi connectivity index (χ1) is 6.50. The molecular formula is C11H18N2O. The maximum atomic E-state index is 6.24. The molecule has 0 amide bonds. The van der Waals surface area contributed by atoms with Crippen LogP contribution in [0.4, 0.5) is 0 Å². The molecule has 3 nitrogen and oxygen atoms in total. The van der Waals surface area contributed by atoms with Crippen LogP contribution in [-0.4, -0.2) is 12.1 Å². The van der Waals surface area contributed by atoms with E-state index in [1.807, 2.05) is 13.0 Å². The van der Waals surface area contributed by atoms with E-state index in [0.29, 0.717) is 5.92 Å². The first-order valence-electron chi connectivity index (χ1n) is 4.77. The molecule has 0 fully saturated rings. The van der Waals surface area contributed by atoms with Crippen molar-refractivity contribution in [3.63, 3.8) is 0 Å². The molecule has 1 atom stereocenters. The van der Waals surface area contributed by atoms with Crippen molar-refractivity contribution in [2.24, 2.45) is 11.7 Å². The third-order valence-electron chi connectivity index (χ3n) is 2.78. The fourth-order valence-corrected chi connectivity index (χ4v) is 1.28. The molecule has 0 aromatic carbocycles. The number of aromatic nitrogens is 1. The van der Waals surface area contributed by atoms with Gasteiger partial charge in [0.25, 0.3) is 0 Å². The Bertz CT molecular complexity index is 308. The number of methoxy groups -OCH3 is 1. The summed E-state index contributed by atoms with van der Waals surface area (Å²) < 4.78 is 5.26. The van der Waals surface area contributed by atoms with Crippen molar-refractivity contribution in [1.82, 2.24) is 4.98 Å². The number of rotatable bonds is 3. The van der Waals surface area contributed by atoms with Gasteiger partial charge in [-0.3, -0.25) is 4.98 Å². The molecule has 2 N–H and O–H groups in total. The van der Waals surface area contributed by atoms with Gasteiger partial charge in [0.1, 0.15) is 5.75 Å². The minimum atomic E-state index is -0.403. The van der Waals surface area contributed by atoms with Crippen LogP contribution < -0.4 is 10.5 Å². The number of pyridine rings is 1. The van der Waals surface area contributed by atoms with Gasteiger partial charge in [-0.15, -0.1) is 0 Å². The summed E-state index contributed by atoms with van der Waals surface area (Å²) in [5.74, 6) is 1.14. The molecular weight excluding hydrogens is 176 g/mol. The predicted molar refractivity (Wildman–Crippen MR) is 57.2 cm³/mol. The van der Waals surface area contributed by atoms with Crippen LogP contribution in [0.15, 0.2) is 18.5 Å². The molecule has 0 saturated carbocycles. The van der Waals surface area contributed by atoms with Gasteiger partial charge in [0.2, 0.25) is 0 Å². The van der Waals surface area contributed by atoms with Crippen molar-refractivity contribution in [1.29, 1.82) is 0 Å². The summed E-state index contributed by atoms with van der Waals surface area (Å²) in [5.41, 5.74) is 6.79. The average Bonchev–Trinajstić information content (AvgIpc) is 2.17. The van der Waals surface area contributed by atoms with Crippen molar-refractivity contribution in [2.45, 2.75) is 26.3 Å². The second kappa shape index (κ2) is 3.96. The highest BCUT2D eigenvalue weighted by atomic mass is 16.5. The molecule has 3 heteroatoms. The minimum Gasteiger partial charge on any atom is -0.496 e. The Balaban J connectivity index is 3.17. The van der Waals surface area contributed by atoms with E-state index in [2.05, 4.69) is 18.8 Å². The van der Waals surface area contributed by atoms with E-state index in [9.17, 15) is 0 Å². The molecule has 1 aromatic rings. The van der Waals surface area contributed by atoms with Gasteiger partial charge in [-0.25, -0.2) is 0 Å². The number of hydrogen-bond acceptors (Lipinski definition) is 3. The molecule has 1 unspecified atom stereocenters. The molecule has 0 saturated heterocycles.